The Morgan fingerprint density at radius 1 is 1.23 bits per heavy atom. The molecule has 4 atom stereocenters. The predicted molar refractivity (Wildman–Crippen MR) is 101 cm³/mol. The number of likely N-dealkylation sites (tertiary alicyclic amines) is 1. The number of aromatic nitrogens is 2. The van der Waals surface area contributed by atoms with E-state index < -0.39 is 6.10 Å². The van der Waals surface area contributed by atoms with Crippen molar-refractivity contribution in [1.82, 2.24) is 14.7 Å². The topological polar surface area (TPSA) is 50.5 Å². The first-order valence-corrected chi connectivity index (χ1v) is 9.68. The molecule has 2 aliphatic rings. The monoisotopic (exact) mass is 375 g/mol. The van der Waals surface area contributed by atoms with Gasteiger partial charge >= 0.3 is 0 Å². The Labute approximate surface area is 159 Å². The molecule has 1 saturated carbocycles. The summed E-state index contributed by atoms with van der Waals surface area (Å²) in [5, 5.41) is 15.7. The summed E-state index contributed by atoms with van der Waals surface area (Å²) in [6.07, 6.45) is 1.11. The average molecular weight is 376 g/mol. The molecule has 1 aromatic carbocycles. The van der Waals surface area contributed by atoms with E-state index in [4.69, 9.17) is 16.3 Å². The molecule has 2 heterocycles. The van der Waals surface area contributed by atoms with Gasteiger partial charge in [0.2, 0.25) is 0 Å². The minimum Gasteiger partial charge on any atom is -0.488 e. The minimum atomic E-state index is -0.422. The second-order valence-corrected chi connectivity index (χ2v) is 8.20. The van der Waals surface area contributed by atoms with Crippen molar-refractivity contribution in [2.45, 2.75) is 38.5 Å². The molecule has 0 amide bonds. The molecule has 5 nitrogen and oxygen atoms in total. The van der Waals surface area contributed by atoms with Gasteiger partial charge in [0.05, 0.1) is 17.5 Å². The third kappa shape index (κ3) is 3.75. The summed E-state index contributed by atoms with van der Waals surface area (Å²) >= 11 is 6.04. The molecule has 1 N–H and O–H groups in total. The summed E-state index contributed by atoms with van der Waals surface area (Å²) in [5.41, 5.74) is 2.30. The number of nitrogens with zero attached hydrogens (tertiary/aromatic N) is 3. The highest BCUT2D eigenvalue weighted by molar-refractivity contribution is 6.30. The largest absolute Gasteiger partial charge is 0.488 e. The zero-order chi connectivity index (χ0) is 18.3. The summed E-state index contributed by atoms with van der Waals surface area (Å²) in [6, 6.07) is 9.57. The Kier molecular flexibility index (Phi) is 4.95. The highest BCUT2D eigenvalue weighted by atomic mass is 35.5. The van der Waals surface area contributed by atoms with Gasteiger partial charge < -0.3 is 9.84 Å². The van der Waals surface area contributed by atoms with Gasteiger partial charge in [-0.15, -0.1) is 0 Å². The molecule has 4 rings (SSSR count). The van der Waals surface area contributed by atoms with Crippen LogP contribution in [0.25, 0.3) is 0 Å². The van der Waals surface area contributed by atoms with Crippen LogP contribution >= 0.6 is 11.6 Å². The maximum absolute atomic E-state index is 10.6. The molecule has 0 spiro atoms. The van der Waals surface area contributed by atoms with Crippen LogP contribution in [0.2, 0.25) is 5.02 Å². The van der Waals surface area contributed by atoms with Gasteiger partial charge in [-0.1, -0.05) is 17.7 Å². The van der Waals surface area contributed by atoms with E-state index in [-0.39, 0.29) is 6.10 Å². The van der Waals surface area contributed by atoms with Gasteiger partial charge in [0.15, 0.2) is 0 Å². The molecule has 0 bridgehead atoms. The first-order chi connectivity index (χ1) is 12.5. The SMILES string of the molecule is Cc1cc(CN2C[C@H]3C[C@@H](Oc4cccc(Cl)c4)[C@H](O)C[C@H]3C2)n(C)n1. The Bertz CT molecular complexity index is 778. The highest BCUT2D eigenvalue weighted by Crippen LogP contribution is 2.38. The molecule has 1 aliphatic heterocycles. The van der Waals surface area contributed by atoms with Crippen LogP contribution in [0, 0.1) is 18.8 Å². The van der Waals surface area contributed by atoms with E-state index in [2.05, 4.69) is 16.1 Å². The first kappa shape index (κ1) is 17.8. The van der Waals surface area contributed by atoms with Gasteiger partial charge in [0.25, 0.3) is 0 Å². The Balaban J connectivity index is 1.39. The number of rotatable bonds is 4. The quantitative estimate of drug-likeness (QED) is 0.892. The van der Waals surface area contributed by atoms with E-state index in [0.717, 1.165) is 43.9 Å². The van der Waals surface area contributed by atoms with Crippen molar-refractivity contribution in [3.63, 3.8) is 0 Å². The summed E-state index contributed by atoms with van der Waals surface area (Å²) in [4.78, 5) is 2.49. The van der Waals surface area contributed by atoms with E-state index in [1.807, 2.05) is 42.9 Å². The number of benzene rings is 1. The van der Waals surface area contributed by atoms with Crippen molar-refractivity contribution in [1.29, 1.82) is 0 Å². The van der Waals surface area contributed by atoms with Crippen molar-refractivity contribution in [3.05, 3.63) is 46.7 Å². The number of fused-ring (bicyclic) bond motifs is 1. The summed E-state index contributed by atoms with van der Waals surface area (Å²) in [7, 11) is 2.00. The Morgan fingerprint density at radius 2 is 2.00 bits per heavy atom. The van der Waals surface area contributed by atoms with Gasteiger partial charge in [-0.25, -0.2) is 0 Å². The highest BCUT2D eigenvalue weighted by Gasteiger charge is 2.42. The lowest BCUT2D eigenvalue weighted by Gasteiger charge is -2.35. The Morgan fingerprint density at radius 3 is 2.69 bits per heavy atom. The van der Waals surface area contributed by atoms with Crippen LogP contribution in [-0.4, -0.2) is 45.1 Å². The molecule has 1 saturated heterocycles. The third-order valence-corrected chi connectivity index (χ3v) is 5.96. The van der Waals surface area contributed by atoms with Crippen molar-refractivity contribution >= 4 is 11.6 Å². The summed E-state index contributed by atoms with van der Waals surface area (Å²) in [5.74, 6) is 1.84. The number of ether oxygens (including phenoxy) is 1. The lowest BCUT2D eigenvalue weighted by atomic mass is 9.78. The van der Waals surface area contributed by atoms with E-state index in [0.29, 0.717) is 16.9 Å². The number of hydrogen-bond acceptors (Lipinski definition) is 4. The molecular formula is C20H26ClN3O2. The van der Waals surface area contributed by atoms with Crippen molar-refractivity contribution < 1.29 is 9.84 Å². The average Bonchev–Trinajstić information content (AvgIpc) is 3.10. The maximum Gasteiger partial charge on any atom is 0.125 e. The van der Waals surface area contributed by atoms with Gasteiger partial charge in [-0.2, -0.15) is 5.10 Å². The molecule has 6 heteroatoms. The number of aryl methyl sites for hydroxylation is 2. The second kappa shape index (κ2) is 7.22. The fourth-order valence-corrected chi connectivity index (χ4v) is 4.68. The molecule has 0 radical (unpaired) electrons. The fourth-order valence-electron chi connectivity index (χ4n) is 4.50. The number of hydrogen-bond donors (Lipinski definition) is 1. The molecular weight excluding hydrogens is 350 g/mol. The van der Waals surface area contributed by atoms with Crippen LogP contribution in [0.1, 0.15) is 24.2 Å². The molecule has 1 aromatic heterocycles. The van der Waals surface area contributed by atoms with Crippen LogP contribution in [0.5, 0.6) is 5.75 Å². The molecule has 0 unspecified atom stereocenters. The zero-order valence-electron chi connectivity index (χ0n) is 15.3. The normalized spacial score (nSPS) is 28.9. The van der Waals surface area contributed by atoms with E-state index in [1.165, 1.54) is 5.69 Å². The second-order valence-electron chi connectivity index (χ2n) is 7.77. The Hall–Kier alpha value is -1.56. The van der Waals surface area contributed by atoms with Crippen LogP contribution in [-0.2, 0) is 13.6 Å². The molecule has 1 aliphatic carbocycles. The standard InChI is InChI=1S/C20H26ClN3O2/c1-13-6-17(23(2)22-13)12-24-10-14-7-19(25)20(8-15(14)11-24)26-18-5-3-4-16(21)9-18/h3-6,9,14-15,19-20,25H,7-8,10-12H2,1-2H3/t14-,15+,19+,20+/m0/s1. The van der Waals surface area contributed by atoms with Gasteiger partial charge in [0.1, 0.15) is 11.9 Å². The van der Waals surface area contributed by atoms with Crippen LogP contribution in [0.15, 0.2) is 30.3 Å². The van der Waals surface area contributed by atoms with Gasteiger partial charge in [-0.05, 0) is 55.9 Å². The minimum absolute atomic E-state index is 0.159. The van der Waals surface area contributed by atoms with E-state index in [1.54, 1.807) is 0 Å². The smallest absolute Gasteiger partial charge is 0.125 e. The first-order valence-electron chi connectivity index (χ1n) is 9.30. The van der Waals surface area contributed by atoms with Crippen molar-refractivity contribution in [2.75, 3.05) is 13.1 Å². The molecule has 140 valence electrons. The van der Waals surface area contributed by atoms with Gasteiger partial charge in [-0.3, -0.25) is 9.58 Å². The van der Waals surface area contributed by atoms with Crippen LogP contribution in [0.3, 0.4) is 0 Å². The van der Waals surface area contributed by atoms with Crippen molar-refractivity contribution in [2.24, 2.45) is 18.9 Å². The molecule has 2 aromatic rings. The van der Waals surface area contributed by atoms with E-state index in [9.17, 15) is 5.11 Å². The summed E-state index contributed by atoms with van der Waals surface area (Å²) < 4.78 is 8.03. The molecule has 2 fully saturated rings. The number of aliphatic hydroxyl groups is 1. The zero-order valence-corrected chi connectivity index (χ0v) is 16.1. The maximum atomic E-state index is 10.6. The lowest BCUT2D eigenvalue weighted by Crippen LogP contribution is -2.42. The predicted octanol–water partition coefficient (Wildman–Crippen LogP) is 3.03. The summed E-state index contributed by atoms with van der Waals surface area (Å²) in [6.45, 7) is 5.04. The molecule has 26 heavy (non-hydrogen) atoms. The lowest BCUT2D eigenvalue weighted by molar-refractivity contribution is -0.0231. The fraction of sp³-hybridized carbons (Fsp3) is 0.550. The van der Waals surface area contributed by atoms with Crippen molar-refractivity contribution in [3.8, 4) is 5.75 Å². The van der Waals surface area contributed by atoms with Crippen LogP contribution in [0.4, 0.5) is 0 Å². The van der Waals surface area contributed by atoms with Crippen LogP contribution < -0.4 is 4.74 Å². The van der Waals surface area contributed by atoms with E-state index >= 15 is 0 Å². The number of aliphatic hydroxyl groups excluding tert-OH is 1. The van der Waals surface area contributed by atoms with Gasteiger partial charge in [0, 0.05) is 31.7 Å². The third-order valence-electron chi connectivity index (χ3n) is 5.73. The number of halogens is 1.